The van der Waals surface area contributed by atoms with E-state index in [-0.39, 0.29) is 35.9 Å². The molecule has 0 radical (unpaired) electrons. The number of nitrogens with one attached hydrogen (secondary N) is 1. The minimum atomic E-state index is -0.357. The van der Waals surface area contributed by atoms with E-state index < -0.39 is 0 Å². The van der Waals surface area contributed by atoms with Crippen LogP contribution in [0.25, 0.3) is 0 Å². The molecule has 1 aromatic rings. The molecule has 5 heteroatoms. The molecule has 4 atom stereocenters. The Hall–Kier alpha value is -1.88. The molecule has 4 unspecified atom stereocenters. The summed E-state index contributed by atoms with van der Waals surface area (Å²) in [5.74, 6) is -1.02. The molecule has 3 rings (SSSR count). The number of carbonyl (C=O) groups excluding carboxylic acids is 2. The first-order valence-corrected chi connectivity index (χ1v) is 7.94. The van der Waals surface area contributed by atoms with Crippen molar-refractivity contribution in [2.24, 2.45) is 17.6 Å². The van der Waals surface area contributed by atoms with Crippen LogP contribution in [0.1, 0.15) is 37.4 Å². The molecule has 1 aliphatic heterocycles. The highest BCUT2D eigenvalue weighted by Crippen LogP contribution is 2.38. The van der Waals surface area contributed by atoms with Gasteiger partial charge in [-0.25, -0.2) is 0 Å². The van der Waals surface area contributed by atoms with Crippen LogP contribution in [0.2, 0.25) is 0 Å². The second kappa shape index (κ2) is 6.48. The van der Waals surface area contributed by atoms with Crippen molar-refractivity contribution < 1.29 is 14.3 Å². The van der Waals surface area contributed by atoms with E-state index in [4.69, 9.17) is 10.5 Å². The number of benzene rings is 1. The largest absolute Gasteiger partial charge is 0.369 e. The molecule has 3 N–H and O–H groups in total. The van der Waals surface area contributed by atoms with E-state index in [9.17, 15) is 9.59 Å². The van der Waals surface area contributed by atoms with Crippen LogP contribution in [0.3, 0.4) is 0 Å². The van der Waals surface area contributed by atoms with Crippen molar-refractivity contribution in [2.45, 2.75) is 37.9 Å². The van der Waals surface area contributed by atoms with Gasteiger partial charge in [0.15, 0.2) is 0 Å². The van der Waals surface area contributed by atoms with Gasteiger partial charge in [-0.05, 0) is 18.4 Å². The third-order valence-electron chi connectivity index (χ3n) is 4.66. The molecule has 2 fully saturated rings. The lowest BCUT2D eigenvalue weighted by molar-refractivity contribution is -0.134. The summed E-state index contributed by atoms with van der Waals surface area (Å²) in [5, 5.41) is 2.93. The van der Waals surface area contributed by atoms with Crippen molar-refractivity contribution >= 4 is 11.8 Å². The predicted octanol–water partition coefficient (Wildman–Crippen LogP) is 1.53. The molecule has 1 saturated carbocycles. The molecule has 2 amide bonds. The quantitative estimate of drug-likeness (QED) is 0.809. The third-order valence-corrected chi connectivity index (χ3v) is 4.66. The standard InChI is InChI=1S/C17H22N2O3/c18-16(20)12-8-4-5-9-13(12)17(21)19-10-14-15(22-14)11-6-2-1-3-7-11/h1-3,6-7,12-15H,4-5,8-10H2,(H2,18,20)(H,19,21). The molecule has 1 saturated heterocycles. The maximum atomic E-state index is 12.3. The van der Waals surface area contributed by atoms with Crippen LogP contribution in [0.4, 0.5) is 0 Å². The number of carbonyl (C=O) groups is 2. The van der Waals surface area contributed by atoms with Gasteiger partial charge in [0, 0.05) is 18.4 Å². The van der Waals surface area contributed by atoms with Crippen molar-refractivity contribution in [3.05, 3.63) is 35.9 Å². The molecular weight excluding hydrogens is 280 g/mol. The fourth-order valence-corrected chi connectivity index (χ4v) is 3.35. The van der Waals surface area contributed by atoms with Gasteiger partial charge in [-0.1, -0.05) is 43.2 Å². The van der Waals surface area contributed by atoms with Crippen LogP contribution in [-0.2, 0) is 14.3 Å². The number of ether oxygens (including phenoxy) is 1. The van der Waals surface area contributed by atoms with Gasteiger partial charge in [0.25, 0.3) is 0 Å². The van der Waals surface area contributed by atoms with Crippen molar-refractivity contribution in [3.8, 4) is 0 Å². The Bertz CT molecular complexity index is 546. The van der Waals surface area contributed by atoms with Crippen LogP contribution >= 0.6 is 0 Å². The Morgan fingerprint density at radius 3 is 2.50 bits per heavy atom. The maximum Gasteiger partial charge on any atom is 0.224 e. The first-order valence-electron chi connectivity index (χ1n) is 7.94. The van der Waals surface area contributed by atoms with Gasteiger partial charge in [-0.3, -0.25) is 9.59 Å². The van der Waals surface area contributed by atoms with Crippen molar-refractivity contribution in [3.63, 3.8) is 0 Å². The Kier molecular flexibility index (Phi) is 4.43. The summed E-state index contributed by atoms with van der Waals surface area (Å²) in [6.07, 6.45) is 3.52. The fourth-order valence-electron chi connectivity index (χ4n) is 3.35. The van der Waals surface area contributed by atoms with Gasteiger partial charge in [-0.15, -0.1) is 0 Å². The molecule has 0 spiro atoms. The average Bonchev–Trinajstić information content (AvgIpc) is 3.33. The highest BCUT2D eigenvalue weighted by atomic mass is 16.6. The predicted molar refractivity (Wildman–Crippen MR) is 81.7 cm³/mol. The summed E-state index contributed by atoms with van der Waals surface area (Å²) in [6.45, 7) is 0.486. The van der Waals surface area contributed by atoms with Crippen molar-refractivity contribution in [2.75, 3.05) is 6.54 Å². The summed E-state index contributed by atoms with van der Waals surface area (Å²) in [4.78, 5) is 23.8. The third kappa shape index (κ3) is 3.30. The second-order valence-corrected chi connectivity index (χ2v) is 6.15. The second-order valence-electron chi connectivity index (χ2n) is 6.15. The zero-order valence-electron chi connectivity index (χ0n) is 12.5. The lowest BCUT2D eigenvalue weighted by Crippen LogP contribution is -2.43. The highest BCUT2D eigenvalue weighted by molar-refractivity contribution is 5.87. The maximum absolute atomic E-state index is 12.3. The lowest BCUT2D eigenvalue weighted by atomic mass is 9.78. The Balaban J connectivity index is 1.50. The summed E-state index contributed by atoms with van der Waals surface area (Å²) < 4.78 is 5.61. The number of primary amides is 1. The van der Waals surface area contributed by atoms with Gasteiger partial charge < -0.3 is 15.8 Å². The number of epoxide rings is 1. The zero-order valence-corrected chi connectivity index (χ0v) is 12.5. The monoisotopic (exact) mass is 302 g/mol. The topological polar surface area (TPSA) is 84.7 Å². The molecular formula is C17H22N2O3. The van der Waals surface area contributed by atoms with E-state index in [2.05, 4.69) is 5.32 Å². The van der Waals surface area contributed by atoms with Crippen molar-refractivity contribution in [1.82, 2.24) is 5.32 Å². The highest BCUT2D eigenvalue weighted by Gasteiger charge is 2.41. The van der Waals surface area contributed by atoms with Gasteiger partial charge in [0.05, 0.1) is 0 Å². The first-order chi connectivity index (χ1) is 10.7. The van der Waals surface area contributed by atoms with Crippen LogP contribution in [0, 0.1) is 11.8 Å². The lowest BCUT2D eigenvalue weighted by Gasteiger charge is -2.28. The molecule has 1 aromatic carbocycles. The summed E-state index contributed by atoms with van der Waals surface area (Å²) in [5.41, 5.74) is 6.55. The molecule has 1 aliphatic carbocycles. The van der Waals surface area contributed by atoms with Crippen molar-refractivity contribution in [1.29, 1.82) is 0 Å². The van der Waals surface area contributed by atoms with Crippen LogP contribution < -0.4 is 11.1 Å². The van der Waals surface area contributed by atoms with E-state index in [1.165, 1.54) is 0 Å². The smallest absolute Gasteiger partial charge is 0.224 e. The van der Waals surface area contributed by atoms with Crippen LogP contribution in [0.15, 0.2) is 30.3 Å². The fraction of sp³-hybridized carbons (Fsp3) is 0.529. The normalized spacial score (nSPS) is 30.5. The molecule has 0 aromatic heterocycles. The number of hydrogen-bond acceptors (Lipinski definition) is 3. The van der Waals surface area contributed by atoms with E-state index >= 15 is 0 Å². The Labute approximate surface area is 130 Å². The Morgan fingerprint density at radius 2 is 1.82 bits per heavy atom. The van der Waals surface area contributed by atoms with Crippen LogP contribution in [-0.4, -0.2) is 24.5 Å². The number of rotatable bonds is 5. The van der Waals surface area contributed by atoms with E-state index in [1.54, 1.807) is 0 Å². The minimum absolute atomic E-state index is 0.0296. The molecule has 22 heavy (non-hydrogen) atoms. The molecule has 5 nitrogen and oxygen atoms in total. The summed E-state index contributed by atoms with van der Waals surface area (Å²) in [7, 11) is 0. The van der Waals surface area contributed by atoms with Gasteiger partial charge in [0.2, 0.25) is 11.8 Å². The molecule has 1 heterocycles. The molecule has 118 valence electrons. The zero-order chi connectivity index (χ0) is 15.5. The summed E-state index contributed by atoms with van der Waals surface area (Å²) in [6, 6.07) is 9.97. The first kappa shape index (κ1) is 15.0. The minimum Gasteiger partial charge on any atom is -0.369 e. The van der Waals surface area contributed by atoms with Gasteiger partial charge >= 0.3 is 0 Å². The SMILES string of the molecule is NC(=O)C1CCCCC1C(=O)NCC1OC1c1ccccc1. The number of amides is 2. The van der Waals surface area contributed by atoms with E-state index in [1.807, 2.05) is 30.3 Å². The van der Waals surface area contributed by atoms with Crippen LogP contribution in [0.5, 0.6) is 0 Å². The van der Waals surface area contributed by atoms with E-state index in [0.717, 1.165) is 31.2 Å². The summed E-state index contributed by atoms with van der Waals surface area (Å²) >= 11 is 0. The molecule has 0 bridgehead atoms. The van der Waals surface area contributed by atoms with Gasteiger partial charge in [0.1, 0.15) is 12.2 Å². The number of hydrogen-bond donors (Lipinski definition) is 2. The molecule has 2 aliphatic rings. The average molecular weight is 302 g/mol. The van der Waals surface area contributed by atoms with Gasteiger partial charge in [-0.2, -0.15) is 0 Å². The Morgan fingerprint density at radius 1 is 1.14 bits per heavy atom. The van der Waals surface area contributed by atoms with E-state index in [0.29, 0.717) is 6.54 Å². The number of nitrogens with two attached hydrogens (primary N) is 1.